The summed E-state index contributed by atoms with van der Waals surface area (Å²) in [7, 11) is 0. The molecule has 0 bridgehead atoms. The lowest BCUT2D eigenvalue weighted by Crippen LogP contribution is -2.36. The van der Waals surface area contributed by atoms with Gasteiger partial charge in [-0.2, -0.15) is 0 Å². The van der Waals surface area contributed by atoms with E-state index >= 15 is 0 Å². The van der Waals surface area contributed by atoms with E-state index in [-0.39, 0.29) is 0 Å². The number of nitrogens with zero attached hydrogens (tertiary/aromatic N) is 1. The molecular formula is C21H25NO2. The number of hydrogen-bond donors (Lipinski definition) is 1. The van der Waals surface area contributed by atoms with Gasteiger partial charge in [-0.25, -0.2) is 0 Å². The van der Waals surface area contributed by atoms with Crippen LogP contribution in [-0.4, -0.2) is 36.3 Å². The van der Waals surface area contributed by atoms with E-state index in [2.05, 4.69) is 17.1 Å². The topological polar surface area (TPSA) is 32.7 Å². The zero-order valence-electron chi connectivity index (χ0n) is 14.1. The van der Waals surface area contributed by atoms with Crippen molar-refractivity contribution in [2.24, 2.45) is 0 Å². The van der Waals surface area contributed by atoms with Crippen molar-refractivity contribution in [1.82, 2.24) is 4.90 Å². The molecule has 0 unspecified atom stereocenters. The summed E-state index contributed by atoms with van der Waals surface area (Å²) in [5, 5.41) is 9.50. The number of phenols is 1. The summed E-state index contributed by atoms with van der Waals surface area (Å²) in [6.45, 7) is 3.61. The Morgan fingerprint density at radius 2 is 1.79 bits per heavy atom. The molecule has 1 N–H and O–H groups in total. The SMILES string of the molecule is Oc1ccc(C=C2CCC(C3=CCCC3)=C2N2CCOCC2)cc1. The average Bonchev–Trinajstić information content (AvgIpc) is 3.27. The number of ether oxygens (including phenoxy) is 1. The third kappa shape index (κ3) is 3.13. The number of rotatable bonds is 3. The quantitative estimate of drug-likeness (QED) is 0.902. The van der Waals surface area contributed by atoms with Crippen molar-refractivity contribution in [3.8, 4) is 5.75 Å². The zero-order chi connectivity index (χ0) is 16.4. The van der Waals surface area contributed by atoms with Gasteiger partial charge in [0.1, 0.15) is 5.75 Å². The van der Waals surface area contributed by atoms with Crippen LogP contribution in [0.1, 0.15) is 37.7 Å². The molecule has 2 aliphatic carbocycles. The first kappa shape index (κ1) is 15.5. The van der Waals surface area contributed by atoms with Crippen molar-refractivity contribution < 1.29 is 9.84 Å². The molecule has 3 nitrogen and oxygen atoms in total. The summed E-state index contributed by atoms with van der Waals surface area (Å²) in [5.74, 6) is 0.323. The number of phenolic OH excluding ortho intramolecular Hbond substituents is 1. The first-order valence-electron chi connectivity index (χ1n) is 9.06. The van der Waals surface area contributed by atoms with Crippen LogP contribution in [-0.2, 0) is 4.74 Å². The van der Waals surface area contributed by atoms with Gasteiger partial charge in [0.15, 0.2) is 0 Å². The summed E-state index contributed by atoms with van der Waals surface area (Å²) < 4.78 is 5.56. The maximum absolute atomic E-state index is 9.50. The molecule has 1 heterocycles. The Labute approximate surface area is 143 Å². The predicted octanol–water partition coefficient (Wildman–Crippen LogP) is 4.27. The molecule has 1 aliphatic heterocycles. The Hall–Kier alpha value is -2.00. The summed E-state index contributed by atoms with van der Waals surface area (Å²) in [4.78, 5) is 2.53. The second-order valence-electron chi connectivity index (χ2n) is 6.81. The molecule has 4 rings (SSSR count). The Morgan fingerprint density at radius 3 is 2.50 bits per heavy atom. The lowest BCUT2D eigenvalue weighted by Gasteiger charge is -2.32. The molecule has 1 saturated heterocycles. The smallest absolute Gasteiger partial charge is 0.115 e. The molecule has 24 heavy (non-hydrogen) atoms. The van der Waals surface area contributed by atoms with E-state index in [1.807, 2.05) is 12.1 Å². The van der Waals surface area contributed by atoms with Crippen molar-refractivity contribution in [3.05, 3.63) is 58.3 Å². The van der Waals surface area contributed by atoms with Crippen molar-refractivity contribution in [3.63, 3.8) is 0 Å². The van der Waals surface area contributed by atoms with Gasteiger partial charge >= 0.3 is 0 Å². The first-order valence-corrected chi connectivity index (χ1v) is 9.06. The average molecular weight is 323 g/mol. The Kier molecular flexibility index (Phi) is 4.44. The molecule has 1 aromatic rings. The Balaban J connectivity index is 1.71. The number of morpholine rings is 1. The number of benzene rings is 1. The zero-order valence-corrected chi connectivity index (χ0v) is 14.1. The van der Waals surface area contributed by atoms with Gasteiger partial charge in [-0.3, -0.25) is 0 Å². The van der Waals surface area contributed by atoms with Gasteiger partial charge in [0.05, 0.1) is 13.2 Å². The van der Waals surface area contributed by atoms with Crippen LogP contribution >= 0.6 is 0 Å². The lowest BCUT2D eigenvalue weighted by atomic mass is 10.0. The second-order valence-corrected chi connectivity index (χ2v) is 6.81. The monoisotopic (exact) mass is 323 g/mol. The van der Waals surface area contributed by atoms with Crippen LogP contribution < -0.4 is 0 Å². The van der Waals surface area contributed by atoms with Crippen molar-refractivity contribution >= 4 is 6.08 Å². The molecule has 1 aromatic carbocycles. The summed E-state index contributed by atoms with van der Waals surface area (Å²) in [5.41, 5.74) is 7.20. The van der Waals surface area contributed by atoms with Crippen molar-refractivity contribution in [1.29, 1.82) is 0 Å². The van der Waals surface area contributed by atoms with Crippen LogP contribution in [0.4, 0.5) is 0 Å². The van der Waals surface area contributed by atoms with Crippen LogP contribution in [0.3, 0.4) is 0 Å². The summed E-state index contributed by atoms with van der Waals surface area (Å²) in [6, 6.07) is 7.51. The van der Waals surface area contributed by atoms with Gasteiger partial charge in [-0.15, -0.1) is 0 Å². The third-order valence-corrected chi connectivity index (χ3v) is 5.22. The summed E-state index contributed by atoms with van der Waals surface area (Å²) in [6.07, 6.45) is 10.8. The van der Waals surface area contributed by atoms with Gasteiger partial charge in [0.25, 0.3) is 0 Å². The van der Waals surface area contributed by atoms with Gasteiger partial charge in [-0.05, 0) is 72.6 Å². The van der Waals surface area contributed by atoms with E-state index in [1.54, 1.807) is 23.3 Å². The standard InChI is InChI=1S/C21H25NO2/c23-19-8-5-16(6-9-19)15-18-7-10-20(17-3-1-2-4-17)21(18)22-11-13-24-14-12-22/h3,5-6,8-9,15,23H,1-2,4,7,10-14H2. The molecular weight excluding hydrogens is 298 g/mol. The number of hydrogen-bond acceptors (Lipinski definition) is 3. The van der Waals surface area contributed by atoms with E-state index in [0.717, 1.165) is 44.7 Å². The molecule has 0 atom stereocenters. The number of allylic oxidation sites excluding steroid dienone is 4. The first-order chi connectivity index (χ1) is 11.8. The largest absolute Gasteiger partial charge is 0.508 e. The van der Waals surface area contributed by atoms with Crippen molar-refractivity contribution in [2.45, 2.75) is 32.1 Å². The van der Waals surface area contributed by atoms with Gasteiger partial charge < -0.3 is 14.7 Å². The minimum Gasteiger partial charge on any atom is -0.508 e. The fraction of sp³-hybridized carbons (Fsp3) is 0.429. The van der Waals surface area contributed by atoms with Crippen LogP contribution in [0, 0.1) is 0 Å². The van der Waals surface area contributed by atoms with E-state index < -0.39 is 0 Å². The minimum absolute atomic E-state index is 0.323. The molecule has 1 fully saturated rings. The van der Waals surface area contributed by atoms with E-state index in [0.29, 0.717) is 5.75 Å². The fourth-order valence-electron chi connectivity index (χ4n) is 4.04. The third-order valence-electron chi connectivity index (χ3n) is 5.22. The number of aromatic hydroxyl groups is 1. The molecule has 0 amide bonds. The highest BCUT2D eigenvalue weighted by Crippen LogP contribution is 2.41. The maximum Gasteiger partial charge on any atom is 0.115 e. The highest BCUT2D eigenvalue weighted by molar-refractivity contribution is 5.63. The molecule has 0 saturated carbocycles. The van der Waals surface area contributed by atoms with Crippen LogP contribution in [0.2, 0.25) is 0 Å². The van der Waals surface area contributed by atoms with Crippen molar-refractivity contribution in [2.75, 3.05) is 26.3 Å². The van der Waals surface area contributed by atoms with Gasteiger partial charge in [0.2, 0.25) is 0 Å². The highest BCUT2D eigenvalue weighted by Gasteiger charge is 2.28. The minimum atomic E-state index is 0.323. The van der Waals surface area contributed by atoms with Crippen LogP contribution in [0.5, 0.6) is 5.75 Å². The molecule has 3 heteroatoms. The van der Waals surface area contributed by atoms with Gasteiger partial charge in [-0.1, -0.05) is 18.2 Å². The van der Waals surface area contributed by atoms with E-state index in [4.69, 9.17) is 4.74 Å². The normalized spacial score (nSPS) is 23.2. The van der Waals surface area contributed by atoms with Crippen LogP contribution in [0.15, 0.2) is 52.8 Å². The predicted molar refractivity (Wildman–Crippen MR) is 96.7 cm³/mol. The highest BCUT2D eigenvalue weighted by atomic mass is 16.5. The maximum atomic E-state index is 9.50. The van der Waals surface area contributed by atoms with E-state index in [1.165, 1.54) is 30.5 Å². The molecule has 126 valence electrons. The van der Waals surface area contributed by atoms with E-state index in [9.17, 15) is 5.11 Å². The summed E-state index contributed by atoms with van der Waals surface area (Å²) >= 11 is 0. The van der Waals surface area contributed by atoms with Crippen LogP contribution in [0.25, 0.3) is 6.08 Å². The molecule has 0 spiro atoms. The fourth-order valence-corrected chi connectivity index (χ4v) is 4.04. The Bertz CT molecular complexity index is 691. The molecule has 0 radical (unpaired) electrons. The molecule has 0 aromatic heterocycles. The Morgan fingerprint density at radius 1 is 1.00 bits per heavy atom. The second kappa shape index (κ2) is 6.86. The molecule has 3 aliphatic rings. The van der Waals surface area contributed by atoms with Gasteiger partial charge in [0, 0.05) is 18.8 Å². The lowest BCUT2D eigenvalue weighted by molar-refractivity contribution is 0.0547.